The molecule has 0 bridgehead atoms. The number of fused-ring (bicyclic) bond motifs is 1. The largest absolute Gasteiger partial charge is 0.355 e. The molecule has 2 aliphatic rings. The van der Waals surface area contributed by atoms with E-state index in [0.29, 0.717) is 5.92 Å². The number of aromatic amines is 1. The highest BCUT2D eigenvalue weighted by Gasteiger charge is 2.42. The van der Waals surface area contributed by atoms with Crippen molar-refractivity contribution in [2.45, 2.75) is 45.1 Å². The highest BCUT2D eigenvalue weighted by molar-refractivity contribution is 5.82. The molecule has 3 atom stereocenters. The first kappa shape index (κ1) is 13.6. The molecule has 1 saturated carbocycles. The Balaban J connectivity index is 1.40. The molecule has 0 aromatic carbocycles. The van der Waals surface area contributed by atoms with Gasteiger partial charge in [-0.15, -0.1) is 0 Å². The number of hydrogen-bond acceptors (Lipinski definition) is 3. The van der Waals surface area contributed by atoms with Crippen LogP contribution in [-0.4, -0.2) is 35.2 Å². The van der Waals surface area contributed by atoms with Gasteiger partial charge in [-0.05, 0) is 56.6 Å². The molecule has 5 nitrogen and oxygen atoms in total. The SMILES string of the molecule is Cc1[nH]ncc1CCCNC(=O)C1NCC2CCCC21. The molecule has 0 spiro atoms. The maximum Gasteiger partial charge on any atom is 0.237 e. The molecule has 5 heteroatoms. The Labute approximate surface area is 119 Å². The van der Waals surface area contributed by atoms with Crippen molar-refractivity contribution in [1.29, 1.82) is 0 Å². The molecule has 3 rings (SSSR count). The summed E-state index contributed by atoms with van der Waals surface area (Å²) in [7, 11) is 0. The van der Waals surface area contributed by atoms with E-state index < -0.39 is 0 Å². The van der Waals surface area contributed by atoms with Crippen molar-refractivity contribution in [2.24, 2.45) is 11.8 Å². The normalized spacial score (nSPS) is 28.6. The van der Waals surface area contributed by atoms with Gasteiger partial charge in [-0.2, -0.15) is 5.10 Å². The predicted molar refractivity (Wildman–Crippen MR) is 77.3 cm³/mol. The van der Waals surface area contributed by atoms with Gasteiger partial charge in [0.15, 0.2) is 0 Å². The average Bonchev–Trinajstić information content (AvgIpc) is 3.10. The molecule has 1 aromatic heterocycles. The summed E-state index contributed by atoms with van der Waals surface area (Å²) < 4.78 is 0. The van der Waals surface area contributed by atoms with Crippen molar-refractivity contribution < 1.29 is 4.79 Å². The molecule has 3 N–H and O–H groups in total. The summed E-state index contributed by atoms with van der Waals surface area (Å²) in [6.07, 6.45) is 7.60. The van der Waals surface area contributed by atoms with E-state index in [4.69, 9.17) is 0 Å². The summed E-state index contributed by atoms with van der Waals surface area (Å²) in [6, 6.07) is 0.0539. The summed E-state index contributed by atoms with van der Waals surface area (Å²) in [6.45, 7) is 3.81. The van der Waals surface area contributed by atoms with E-state index in [2.05, 4.69) is 20.8 Å². The van der Waals surface area contributed by atoms with Gasteiger partial charge in [0.05, 0.1) is 12.2 Å². The zero-order valence-corrected chi connectivity index (χ0v) is 12.1. The van der Waals surface area contributed by atoms with E-state index in [1.54, 1.807) is 0 Å². The fourth-order valence-electron chi connectivity index (χ4n) is 3.70. The number of nitrogens with one attached hydrogen (secondary N) is 3. The third-order valence-corrected chi connectivity index (χ3v) is 4.88. The van der Waals surface area contributed by atoms with Crippen molar-refractivity contribution in [3.05, 3.63) is 17.5 Å². The smallest absolute Gasteiger partial charge is 0.237 e. The van der Waals surface area contributed by atoms with E-state index in [0.717, 1.165) is 37.5 Å². The summed E-state index contributed by atoms with van der Waals surface area (Å²) >= 11 is 0. The molecule has 1 aliphatic heterocycles. The first-order chi connectivity index (χ1) is 9.75. The number of amides is 1. The molecule has 2 heterocycles. The topological polar surface area (TPSA) is 69.8 Å². The lowest BCUT2D eigenvalue weighted by atomic mass is 9.93. The standard InChI is InChI=1S/C15H24N4O/c1-10-11(9-18-19-10)5-3-7-16-15(20)14-13-6-2-4-12(13)8-17-14/h9,12-14,17H,2-8H2,1H3,(H,16,20)(H,18,19). The molecule has 1 amide bonds. The minimum atomic E-state index is 0.0539. The maximum atomic E-state index is 12.2. The quantitative estimate of drug-likeness (QED) is 0.707. The molecule has 20 heavy (non-hydrogen) atoms. The Morgan fingerprint density at radius 2 is 2.40 bits per heavy atom. The number of carbonyl (C=O) groups excluding carboxylic acids is 1. The van der Waals surface area contributed by atoms with E-state index >= 15 is 0 Å². The minimum Gasteiger partial charge on any atom is -0.355 e. The molecule has 1 aromatic rings. The van der Waals surface area contributed by atoms with E-state index in [9.17, 15) is 4.79 Å². The Morgan fingerprint density at radius 3 is 3.20 bits per heavy atom. The van der Waals surface area contributed by atoms with Crippen molar-refractivity contribution in [2.75, 3.05) is 13.1 Å². The second-order valence-corrected chi connectivity index (χ2v) is 6.16. The zero-order chi connectivity index (χ0) is 13.9. The Kier molecular flexibility index (Phi) is 4.05. The van der Waals surface area contributed by atoms with Gasteiger partial charge >= 0.3 is 0 Å². The predicted octanol–water partition coefficient (Wildman–Crippen LogP) is 1.16. The third kappa shape index (κ3) is 2.73. The van der Waals surface area contributed by atoms with Crippen LogP contribution in [0.1, 0.15) is 36.9 Å². The monoisotopic (exact) mass is 276 g/mol. The lowest BCUT2D eigenvalue weighted by Crippen LogP contribution is -2.44. The van der Waals surface area contributed by atoms with Gasteiger partial charge in [0.25, 0.3) is 0 Å². The molecular formula is C15H24N4O. The van der Waals surface area contributed by atoms with Gasteiger partial charge in [-0.25, -0.2) is 0 Å². The van der Waals surface area contributed by atoms with Crippen LogP contribution in [-0.2, 0) is 11.2 Å². The van der Waals surface area contributed by atoms with Crippen LogP contribution >= 0.6 is 0 Å². The number of aryl methyl sites for hydroxylation is 2. The van der Waals surface area contributed by atoms with E-state index in [-0.39, 0.29) is 11.9 Å². The lowest BCUT2D eigenvalue weighted by Gasteiger charge is -2.17. The maximum absolute atomic E-state index is 12.2. The van der Waals surface area contributed by atoms with Crippen molar-refractivity contribution in [3.63, 3.8) is 0 Å². The molecule has 0 radical (unpaired) electrons. The second kappa shape index (κ2) is 5.95. The van der Waals surface area contributed by atoms with Crippen LogP contribution in [0.15, 0.2) is 6.20 Å². The fraction of sp³-hybridized carbons (Fsp3) is 0.733. The molecular weight excluding hydrogens is 252 g/mol. The zero-order valence-electron chi connectivity index (χ0n) is 12.1. The number of aromatic nitrogens is 2. The number of H-pyrrole nitrogens is 1. The number of nitrogens with zero attached hydrogens (tertiary/aromatic N) is 1. The second-order valence-electron chi connectivity index (χ2n) is 6.16. The number of carbonyl (C=O) groups is 1. The summed E-state index contributed by atoms with van der Waals surface area (Å²) in [4.78, 5) is 12.2. The van der Waals surface area contributed by atoms with E-state index in [1.807, 2.05) is 13.1 Å². The van der Waals surface area contributed by atoms with Gasteiger partial charge in [0, 0.05) is 12.2 Å². The first-order valence-corrected chi connectivity index (χ1v) is 7.75. The first-order valence-electron chi connectivity index (χ1n) is 7.75. The molecule has 1 aliphatic carbocycles. The molecule has 3 unspecified atom stereocenters. The summed E-state index contributed by atoms with van der Waals surface area (Å²) in [5, 5.41) is 13.4. The molecule has 1 saturated heterocycles. The van der Waals surface area contributed by atoms with Gasteiger partial charge in [0.2, 0.25) is 5.91 Å². The van der Waals surface area contributed by atoms with Crippen LogP contribution in [0.25, 0.3) is 0 Å². The summed E-state index contributed by atoms with van der Waals surface area (Å²) in [5.74, 6) is 1.51. The highest BCUT2D eigenvalue weighted by Crippen LogP contribution is 2.37. The van der Waals surface area contributed by atoms with Crippen LogP contribution in [0.4, 0.5) is 0 Å². The lowest BCUT2D eigenvalue weighted by molar-refractivity contribution is -0.123. The Bertz CT molecular complexity index is 470. The van der Waals surface area contributed by atoms with Gasteiger partial charge in [-0.3, -0.25) is 9.89 Å². The van der Waals surface area contributed by atoms with Crippen LogP contribution in [0, 0.1) is 18.8 Å². The van der Waals surface area contributed by atoms with Gasteiger partial charge in [0.1, 0.15) is 0 Å². The van der Waals surface area contributed by atoms with Crippen LogP contribution in [0.5, 0.6) is 0 Å². The van der Waals surface area contributed by atoms with Gasteiger partial charge < -0.3 is 10.6 Å². The fourth-order valence-corrected chi connectivity index (χ4v) is 3.70. The van der Waals surface area contributed by atoms with Crippen LogP contribution in [0.2, 0.25) is 0 Å². The highest BCUT2D eigenvalue weighted by atomic mass is 16.2. The summed E-state index contributed by atoms with van der Waals surface area (Å²) in [5.41, 5.74) is 2.37. The number of rotatable bonds is 5. The van der Waals surface area contributed by atoms with Crippen LogP contribution < -0.4 is 10.6 Å². The van der Waals surface area contributed by atoms with Crippen molar-refractivity contribution >= 4 is 5.91 Å². The Morgan fingerprint density at radius 1 is 1.50 bits per heavy atom. The molecule has 2 fully saturated rings. The number of hydrogen-bond donors (Lipinski definition) is 3. The van der Waals surface area contributed by atoms with Crippen molar-refractivity contribution in [1.82, 2.24) is 20.8 Å². The van der Waals surface area contributed by atoms with E-state index in [1.165, 1.54) is 24.8 Å². The van der Waals surface area contributed by atoms with Crippen LogP contribution in [0.3, 0.4) is 0 Å². The average molecular weight is 276 g/mol. The van der Waals surface area contributed by atoms with Crippen molar-refractivity contribution in [3.8, 4) is 0 Å². The third-order valence-electron chi connectivity index (χ3n) is 4.88. The minimum absolute atomic E-state index is 0.0539. The molecule has 110 valence electrons. The van der Waals surface area contributed by atoms with Gasteiger partial charge in [-0.1, -0.05) is 6.42 Å². The Hall–Kier alpha value is -1.36.